The monoisotopic (exact) mass is 409 g/mol. The van der Waals surface area contributed by atoms with E-state index >= 15 is 0 Å². The molecule has 1 unspecified atom stereocenters. The Labute approximate surface area is 172 Å². The van der Waals surface area contributed by atoms with E-state index in [9.17, 15) is 8.42 Å². The summed E-state index contributed by atoms with van der Waals surface area (Å²) in [5, 5.41) is 5.53. The van der Waals surface area contributed by atoms with E-state index < -0.39 is 16.2 Å². The summed E-state index contributed by atoms with van der Waals surface area (Å²) < 4.78 is 27.3. The van der Waals surface area contributed by atoms with Gasteiger partial charge < -0.3 is 11.1 Å². The fourth-order valence-corrected chi connectivity index (χ4v) is 5.35. The van der Waals surface area contributed by atoms with Crippen molar-refractivity contribution in [2.24, 2.45) is 11.7 Å². The number of fused-ring (bicyclic) bond motifs is 1. The number of piperidine rings is 1. The summed E-state index contributed by atoms with van der Waals surface area (Å²) in [4.78, 5) is 0.330. The molecule has 0 amide bonds. The summed E-state index contributed by atoms with van der Waals surface area (Å²) >= 11 is 0. The van der Waals surface area contributed by atoms with E-state index in [0.717, 1.165) is 34.9 Å². The highest BCUT2D eigenvalue weighted by Crippen LogP contribution is 2.27. The summed E-state index contributed by atoms with van der Waals surface area (Å²) in [6.07, 6.45) is 1.43. The van der Waals surface area contributed by atoms with Crippen LogP contribution < -0.4 is 11.1 Å². The highest BCUT2D eigenvalue weighted by atomic mass is 32.2. The number of nitrogens with zero attached hydrogens (tertiary/aromatic N) is 1. The summed E-state index contributed by atoms with van der Waals surface area (Å²) in [5.41, 5.74) is 8.20. The van der Waals surface area contributed by atoms with Crippen LogP contribution in [0.3, 0.4) is 0 Å². The smallest absolute Gasteiger partial charge is 0.243 e. The number of nitrogens with two attached hydrogens (primary N) is 1. The van der Waals surface area contributed by atoms with Gasteiger partial charge in [0.25, 0.3) is 0 Å². The topological polar surface area (TPSA) is 75.4 Å². The average Bonchev–Trinajstić information content (AvgIpc) is 2.74. The van der Waals surface area contributed by atoms with Gasteiger partial charge in [0.15, 0.2) is 0 Å². The van der Waals surface area contributed by atoms with E-state index in [1.165, 1.54) is 0 Å². The Hall–Kier alpha value is -2.41. The first-order chi connectivity index (χ1) is 13.9. The maximum atomic E-state index is 12.9. The van der Waals surface area contributed by atoms with Crippen LogP contribution in [0.2, 0.25) is 0 Å². The van der Waals surface area contributed by atoms with Crippen LogP contribution in [0.25, 0.3) is 10.8 Å². The predicted octanol–water partition coefficient (Wildman–Crippen LogP) is 4.33. The molecule has 0 radical (unpaired) electrons. The fourth-order valence-electron chi connectivity index (χ4n) is 3.88. The molecule has 1 atom stereocenters. The molecule has 1 saturated heterocycles. The molecule has 4 rings (SSSR count). The van der Waals surface area contributed by atoms with Gasteiger partial charge in [-0.2, -0.15) is 4.31 Å². The van der Waals surface area contributed by atoms with Gasteiger partial charge in [-0.05, 0) is 59.4 Å². The largest absolute Gasteiger partial charge is 0.366 e. The van der Waals surface area contributed by atoms with Crippen molar-refractivity contribution in [3.63, 3.8) is 0 Å². The second kappa shape index (κ2) is 8.14. The molecule has 3 aromatic carbocycles. The quantitative estimate of drug-likeness (QED) is 0.615. The molecule has 0 saturated carbocycles. The first-order valence-corrected chi connectivity index (χ1v) is 11.5. The van der Waals surface area contributed by atoms with Gasteiger partial charge in [-0.25, -0.2) is 8.42 Å². The molecule has 3 N–H and O–H groups in total. The molecule has 29 heavy (non-hydrogen) atoms. The minimum absolute atomic E-state index is 0.330. The van der Waals surface area contributed by atoms with Crippen molar-refractivity contribution >= 4 is 26.5 Å². The first-order valence-electron chi connectivity index (χ1n) is 10.0. The Bertz CT molecular complexity index is 1080. The lowest BCUT2D eigenvalue weighted by Crippen LogP contribution is -2.37. The summed E-state index contributed by atoms with van der Waals surface area (Å²) in [6, 6.07) is 21.1. The van der Waals surface area contributed by atoms with Crippen LogP contribution in [0.5, 0.6) is 0 Å². The van der Waals surface area contributed by atoms with E-state index in [1.807, 2.05) is 24.3 Å². The van der Waals surface area contributed by atoms with Gasteiger partial charge in [0.2, 0.25) is 10.0 Å². The molecule has 1 heterocycles. The van der Waals surface area contributed by atoms with Crippen molar-refractivity contribution in [3.8, 4) is 0 Å². The van der Waals surface area contributed by atoms with Crippen LogP contribution in [0, 0.1) is 5.92 Å². The molecule has 0 bridgehead atoms. The third-order valence-electron chi connectivity index (χ3n) is 5.72. The zero-order valence-electron chi connectivity index (χ0n) is 16.6. The fraction of sp³-hybridized carbons (Fsp3) is 0.304. The molecule has 0 aromatic heterocycles. The van der Waals surface area contributed by atoms with E-state index in [-0.39, 0.29) is 0 Å². The third kappa shape index (κ3) is 4.15. The second-order valence-corrected chi connectivity index (χ2v) is 9.74. The number of hydrogen-bond acceptors (Lipinski definition) is 4. The maximum absolute atomic E-state index is 12.9. The Morgan fingerprint density at radius 1 is 0.966 bits per heavy atom. The molecule has 0 spiro atoms. The first kappa shape index (κ1) is 19.9. The number of sulfonamides is 1. The lowest BCUT2D eigenvalue weighted by Gasteiger charge is -2.29. The molecular formula is C23H27N3O2S. The predicted molar refractivity (Wildman–Crippen MR) is 118 cm³/mol. The van der Waals surface area contributed by atoms with Crippen LogP contribution in [-0.4, -0.2) is 25.8 Å². The highest BCUT2D eigenvalue weighted by molar-refractivity contribution is 7.89. The van der Waals surface area contributed by atoms with E-state index in [4.69, 9.17) is 5.73 Å². The number of nitrogens with one attached hydrogen (secondary N) is 1. The van der Waals surface area contributed by atoms with Gasteiger partial charge in [-0.1, -0.05) is 49.4 Å². The van der Waals surface area contributed by atoms with Gasteiger partial charge in [-0.15, -0.1) is 0 Å². The molecule has 1 fully saturated rings. The standard InChI is InChI=1S/C23H27N3O2S/c1-17-13-15-26(16-14-17)29(27,28)20-11-9-19(10-12-20)25-23(24)22-8-4-6-18-5-2-3-7-21(18)22/h2-12,17,23,25H,13-16,24H2,1H3. The zero-order chi connectivity index (χ0) is 20.4. The van der Waals surface area contributed by atoms with Crippen molar-refractivity contribution in [2.45, 2.75) is 30.8 Å². The molecule has 3 aromatic rings. The van der Waals surface area contributed by atoms with E-state index in [2.05, 4.69) is 30.4 Å². The summed E-state index contributed by atoms with van der Waals surface area (Å²) in [6.45, 7) is 3.36. The van der Waals surface area contributed by atoms with Crippen LogP contribution in [0.15, 0.2) is 71.6 Å². The molecule has 1 aliphatic rings. The van der Waals surface area contributed by atoms with Crippen LogP contribution in [-0.2, 0) is 10.0 Å². The maximum Gasteiger partial charge on any atom is 0.243 e. The Morgan fingerprint density at radius 2 is 1.62 bits per heavy atom. The van der Waals surface area contributed by atoms with Crippen molar-refractivity contribution in [1.82, 2.24) is 4.31 Å². The number of rotatable bonds is 5. The zero-order valence-corrected chi connectivity index (χ0v) is 17.4. The summed E-state index contributed by atoms with van der Waals surface area (Å²) in [5.74, 6) is 0.587. The van der Waals surface area contributed by atoms with Gasteiger partial charge in [0.1, 0.15) is 6.17 Å². The van der Waals surface area contributed by atoms with Crippen LogP contribution in [0.4, 0.5) is 5.69 Å². The van der Waals surface area contributed by atoms with Gasteiger partial charge >= 0.3 is 0 Å². The SMILES string of the molecule is CC1CCN(S(=O)(=O)c2ccc(NC(N)c3cccc4ccccc34)cc2)CC1. The second-order valence-electron chi connectivity index (χ2n) is 7.80. The van der Waals surface area contributed by atoms with Crippen molar-refractivity contribution in [2.75, 3.05) is 18.4 Å². The van der Waals surface area contributed by atoms with Crippen LogP contribution >= 0.6 is 0 Å². The summed E-state index contributed by atoms with van der Waals surface area (Å²) in [7, 11) is -3.44. The van der Waals surface area contributed by atoms with E-state index in [0.29, 0.717) is 23.9 Å². The average molecular weight is 410 g/mol. The third-order valence-corrected chi connectivity index (χ3v) is 7.63. The normalized spacial score (nSPS) is 17.3. The molecular weight excluding hydrogens is 382 g/mol. The molecule has 0 aliphatic carbocycles. The number of benzene rings is 3. The van der Waals surface area contributed by atoms with Gasteiger partial charge in [0.05, 0.1) is 4.90 Å². The van der Waals surface area contributed by atoms with Gasteiger partial charge in [-0.3, -0.25) is 0 Å². The lowest BCUT2D eigenvalue weighted by atomic mass is 10.0. The van der Waals surface area contributed by atoms with E-state index in [1.54, 1.807) is 28.6 Å². The van der Waals surface area contributed by atoms with Gasteiger partial charge in [0, 0.05) is 18.8 Å². The molecule has 152 valence electrons. The van der Waals surface area contributed by atoms with Crippen molar-refractivity contribution in [1.29, 1.82) is 0 Å². The van der Waals surface area contributed by atoms with Crippen molar-refractivity contribution in [3.05, 3.63) is 72.3 Å². The molecule has 5 nitrogen and oxygen atoms in total. The number of anilines is 1. The van der Waals surface area contributed by atoms with Crippen LogP contribution in [0.1, 0.15) is 31.5 Å². The van der Waals surface area contributed by atoms with Crippen molar-refractivity contribution < 1.29 is 8.42 Å². The number of hydrogen-bond donors (Lipinski definition) is 2. The molecule has 1 aliphatic heterocycles. The molecule has 6 heteroatoms. The lowest BCUT2D eigenvalue weighted by molar-refractivity contribution is 0.288. The minimum Gasteiger partial charge on any atom is -0.366 e. The Balaban J connectivity index is 1.51. The Morgan fingerprint density at radius 3 is 2.34 bits per heavy atom. The minimum atomic E-state index is -3.44. The Kier molecular flexibility index (Phi) is 5.58. The highest BCUT2D eigenvalue weighted by Gasteiger charge is 2.27.